The first-order chi connectivity index (χ1) is 14.6. The second-order valence-electron chi connectivity index (χ2n) is 7.29. The lowest BCUT2D eigenvalue weighted by Crippen LogP contribution is -2.47. The molecule has 3 aromatic rings. The lowest BCUT2D eigenvalue weighted by atomic mass is 10.0. The predicted molar refractivity (Wildman–Crippen MR) is 109 cm³/mol. The Hall–Kier alpha value is -3.55. The molecule has 1 N–H and O–H groups in total. The maximum atomic E-state index is 12.6. The molecular weight excluding hydrogens is 386 g/mol. The minimum Gasteiger partial charge on any atom is -0.465 e. The molecule has 0 saturated carbocycles. The average Bonchev–Trinajstić information content (AvgIpc) is 3.42. The van der Waals surface area contributed by atoms with Crippen LogP contribution in [0.3, 0.4) is 0 Å². The van der Waals surface area contributed by atoms with Crippen LogP contribution < -0.4 is 5.32 Å². The summed E-state index contributed by atoms with van der Waals surface area (Å²) >= 11 is 0. The Balaban J connectivity index is 1.37. The van der Waals surface area contributed by atoms with Crippen LogP contribution in [-0.4, -0.2) is 53.5 Å². The average molecular weight is 409 g/mol. The number of likely N-dealkylation sites (tertiary alicyclic amines) is 1. The van der Waals surface area contributed by atoms with Gasteiger partial charge in [-0.2, -0.15) is 0 Å². The van der Waals surface area contributed by atoms with E-state index in [1.54, 1.807) is 27.8 Å². The Morgan fingerprint density at radius 1 is 1.13 bits per heavy atom. The van der Waals surface area contributed by atoms with Crippen molar-refractivity contribution in [1.82, 2.24) is 14.8 Å². The summed E-state index contributed by atoms with van der Waals surface area (Å²) in [6.07, 6.45) is 4.49. The molecule has 2 amide bonds. The van der Waals surface area contributed by atoms with Gasteiger partial charge in [0.15, 0.2) is 5.76 Å². The summed E-state index contributed by atoms with van der Waals surface area (Å²) in [5.41, 5.74) is 1.23. The molecule has 3 heterocycles. The number of ether oxygens (including phenoxy) is 1. The molecule has 1 fully saturated rings. The van der Waals surface area contributed by atoms with E-state index in [0.717, 1.165) is 10.9 Å². The lowest BCUT2D eigenvalue weighted by molar-refractivity contribution is -0.122. The van der Waals surface area contributed by atoms with Crippen LogP contribution in [-0.2, 0) is 16.1 Å². The normalized spacial score (nSPS) is 14.6. The molecule has 0 aliphatic carbocycles. The van der Waals surface area contributed by atoms with Crippen molar-refractivity contribution >= 4 is 28.7 Å². The number of fused-ring (bicyclic) bond motifs is 1. The highest BCUT2D eigenvalue weighted by Gasteiger charge is 2.26. The van der Waals surface area contributed by atoms with Crippen LogP contribution in [0.15, 0.2) is 53.3 Å². The van der Waals surface area contributed by atoms with Crippen molar-refractivity contribution in [2.24, 2.45) is 0 Å². The van der Waals surface area contributed by atoms with E-state index in [1.807, 2.05) is 24.3 Å². The Kier molecular flexibility index (Phi) is 5.56. The first-order valence-corrected chi connectivity index (χ1v) is 9.85. The number of carbonyl (C=O) groups is 3. The minimum absolute atomic E-state index is 0.0000509. The third-order valence-corrected chi connectivity index (χ3v) is 5.39. The summed E-state index contributed by atoms with van der Waals surface area (Å²) in [7, 11) is 1.34. The highest BCUT2D eigenvalue weighted by atomic mass is 16.5. The number of esters is 1. The first kappa shape index (κ1) is 19.8. The van der Waals surface area contributed by atoms with Crippen LogP contribution in [0.1, 0.15) is 33.8 Å². The zero-order valence-corrected chi connectivity index (χ0v) is 16.7. The minimum atomic E-state index is -0.432. The number of para-hydroxylation sites is 1. The van der Waals surface area contributed by atoms with Gasteiger partial charge in [0.05, 0.1) is 18.9 Å². The summed E-state index contributed by atoms with van der Waals surface area (Å²) < 4.78 is 11.8. The van der Waals surface area contributed by atoms with Crippen LogP contribution in [0.2, 0.25) is 0 Å². The fourth-order valence-electron chi connectivity index (χ4n) is 3.86. The fraction of sp³-hybridized carbons (Fsp3) is 0.318. The van der Waals surface area contributed by atoms with Crippen molar-refractivity contribution < 1.29 is 23.5 Å². The zero-order valence-electron chi connectivity index (χ0n) is 16.7. The number of benzene rings is 1. The molecule has 0 atom stereocenters. The summed E-state index contributed by atoms with van der Waals surface area (Å²) in [5.74, 6) is -0.362. The molecule has 4 rings (SSSR count). The standard InChI is InChI=1S/C22H23N3O5/c1-29-22(28)17-13-25(18-6-3-2-5-16(17)18)14-20(26)23-15-8-10-24(11-9-15)21(27)19-7-4-12-30-19/h2-7,12-13,15H,8-11,14H2,1H3,(H,23,26). The maximum absolute atomic E-state index is 12.6. The van der Waals surface area contributed by atoms with Crippen LogP contribution in [0.25, 0.3) is 10.9 Å². The van der Waals surface area contributed by atoms with E-state index < -0.39 is 5.97 Å². The fourth-order valence-corrected chi connectivity index (χ4v) is 3.86. The van der Waals surface area contributed by atoms with E-state index in [4.69, 9.17) is 9.15 Å². The molecule has 0 unspecified atom stereocenters. The highest BCUT2D eigenvalue weighted by Crippen LogP contribution is 2.22. The van der Waals surface area contributed by atoms with Gasteiger partial charge in [-0.1, -0.05) is 18.2 Å². The lowest BCUT2D eigenvalue weighted by Gasteiger charge is -2.32. The monoisotopic (exact) mass is 409 g/mol. The van der Waals surface area contributed by atoms with Crippen molar-refractivity contribution in [3.63, 3.8) is 0 Å². The quantitative estimate of drug-likeness (QED) is 0.654. The van der Waals surface area contributed by atoms with E-state index >= 15 is 0 Å². The SMILES string of the molecule is COC(=O)c1cn(CC(=O)NC2CCN(C(=O)c3ccco3)CC2)c2ccccc12. The third kappa shape index (κ3) is 3.94. The van der Waals surface area contributed by atoms with Gasteiger partial charge in [-0.25, -0.2) is 4.79 Å². The van der Waals surface area contributed by atoms with Crippen molar-refractivity contribution in [2.45, 2.75) is 25.4 Å². The number of hydrogen-bond donors (Lipinski definition) is 1. The number of methoxy groups -OCH3 is 1. The van der Waals surface area contributed by atoms with Gasteiger partial charge >= 0.3 is 5.97 Å². The zero-order chi connectivity index (χ0) is 21.1. The van der Waals surface area contributed by atoms with Gasteiger partial charge < -0.3 is 23.9 Å². The molecule has 1 saturated heterocycles. The number of rotatable bonds is 5. The van der Waals surface area contributed by atoms with Gasteiger partial charge in [0, 0.05) is 36.2 Å². The number of carbonyl (C=O) groups excluding carboxylic acids is 3. The van der Waals surface area contributed by atoms with Crippen molar-refractivity contribution in [1.29, 1.82) is 0 Å². The van der Waals surface area contributed by atoms with Gasteiger partial charge in [0.1, 0.15) is 6.54 Å². The van der Waals surface area contributed by atoms with Gasteiger partial charge in [0.25, 0.3) is 5.91 Å². The molecule has 1 aliphatic heterocycles. The van der Waals surface area contributed by atoms with Crippen molar-refractivity contribution in [3.8, 4) is 0 Å². The summed E-state index contributed by atoms with van der Waals surface area (Å²) in [6.45, 7) is 1.22. The molecule has 1 aliphatic rings. The van der Waals surface area contributed by atoms with Crippen LogP contribution in [0.5, 0.6) is 0 Å². The molecule has 0 bridgehead atoms. The maximum Gasteiger partial charge on any atom is 0.340 e. The van der Waals surface area contributed by atoms with E-state index in [9.17, 15) is 14.4 Å². The third-order valence-electron chi connectivity index (χ3n) is 5.39. The molecule has 8 heteroatoms. The number of piperidine rings is 1. The molecule has 0 radical (unpaired) electrons. The van der Waals surface area contributed by atoms with Gasteiger partial charge in [-0.15, -0.1) is 0 Å². The Morgan fingerprint density at radius 3 is 2.60 bits per heavy atom. The summed E-state index contributed by atoms with van der Waals surface area (Å²) in [6, 6.07) is 10.8. The number of aromatic nitrogens is 1. The summed E-state index contributed by atoms with van der Waals surface area (Å²) in [5, 5.41) is 3.79. The number of furan rings is 1. The largest absolute Gasteiger partial charge is 0.465 e. The van der Waals surface area contributed by atoms with Gasteiger partial charge in [0.2, 0.25) is 5.91 Å². The van der Waals surface area contributed by atoms with Gasteiger partial charge in [-0.3, -0.25) is 9.59 Å². The number of nitrogens with one attached hydrogen (secondary N) is 1. The number of hydrogen-bond acceptors (Lipinski definition) is 5. The van der Waals surface area contributed by atoms with Crippen molar-refractivity contribution in [3.05, 3.63) is 60.2 Å². The molecular formula is C22H23N3O5. The number of nitrogens with zero attached hydrogens (tertiary/aromatic N) is 2. The summed E-state index contributed by atoms with van der Waals surface area (Å²) in [4.78, 5) is 38.8. The second kappa shape index (κ2) is 8.44. The van der Waals surface area contributed by atoms with E-state index in [1.165, 1.54) is 13.4 Å². The van der Waals surface area contributed by atoms with E-state index in [0.29, 0.717) is 37.3 Å². The predicted octanol–water partition coefficient (Wildman–Crippen LogP) is 2.44. The van der Waals surface area contributed by atoms with Gasteiger partial charge in [-0.05, 0) is 31.0 Å². The molecule has 0 spiro atoms. The smallest absolute Gasteiger partial charge is 0.340 e. The van der Waals surface area contributed by atoms with Crippen molar-refractivity contribution in [2.75, 3.05) is 20.2 Å². The topological polar surface area (TPSA) is 93.8 Å². The Bertz CT molecular complexity index is 1060. The Labute approximate surface area is 173 Å². The molecule has 8 nitrogen and oxygen atoms in total. The van der Waals surface area contributed by atoms with E-state index in [2.05, 4.69) is 5.32 Å². The van der Waals surface area contributed by atoms with Crippen LogP contribution in [0.4, 0.5) is 0 Å². The molecule has 2 aromatic heterocycles. The number of amides is 2. The highest BCUT2D eigenvalue weighted by molar-refractivity contribution is 6.04. The molecule has 1 aromatic carbocycles. The molecule has 30 heavy (non-hydrogen) atoms. The Morgan fingerprint density at radius 2 is 1.90 bits per heavy atom. The van der Waals surface area contributed by atoms with E-state index in [-0.39, 0.29) is 24.4 Å². The molecule has 156 valence electrons. The first-order valence-electron chi connectivity index (χ1n) is 9.85. The van der Waals surface area contributed by atoms with Crippen LogP contribution >= 0.6 is 0 Å². The van der Waals surface area contributed by atoms with Crippen LogP contribution in [0, 0.1) is 0 Å². The second-order valence-corrected chi connectivity index (χ2v) is 7.29.